The van der Waals surface area contributed by atoms with Crippen LogP contribution in [-0.4, -0.2) is 73.3 Å². The van der Waals surface area contributed by atoms with E-state index in [4.69, 9.17) is 9.72 Å². The lowest BCUT2D eigenvalue weighted by Crippen LogP contribution is -2.42. The summed E-state index contributed by atoms with van der Waals surface area (Å²) in [7, 11) is -0.447. The quantitative estimate of drug-likeness (QED) is 0.713. The van der Waals surface area contributed by atoms with Gasteiger partial charge < -0.3 is 15.0 Å². The van der Waals surface area contributed by atoms with Gasteiger partial charge in [0.2, 0.25) is 16.0 Å². The van der Waals surface area contributed by atoms with E-state index < -0.39 is 10.0 Å². The first-order chi connectivity index (χ1) is 15.4. The molecule has 3 heterocycles. The van der Waals surface area contributed by atoms with Crippen LogP contribution in [0.2, 0.25) is 0 Å². The second kappa shape index (κ2) is 9.35. The van der Waals surface area contributed by atoms with Crippen molar-refractivity contribution < 1.29 is 13.2 Å². The van der Waals surface area contributed by atoms with Crippen LogP contribution in [0.3, 0.4) is 0 Å². The number of hydrogen-bond acceptors (Lipinski definition) is 8. The van der Waals surface area contributed by atoms with E-state index in [-0.39, 0.29) is 4.90 Å². The van der Waals surface area contributed by atoms with Gasteiger partial charge in [-0.15, -0.1) is 0 Å². The fraction of sp³-hybridized carbons (Fsp3) is 0.409. The molecule has 170 valence electrons. The van der Waals surface area contributed by atoms with Gasteiger partial charge in [-0.3, -0.25) is 4.99 Å². The largest absolute Gasteiger partial charge is 0.381 e. The number of hydrogen-bond donors (Lipinski definition) is 1. The Labute approximate surface area is 188 Å². The number of nitrogens with zero attached hydrogens (tertiary/aromatic N) is 5. The highest BCUT2D eigenvalue weighted by molar-refractivity contribution is 7.89. The molecular formula is C22H28N6O3S. The van der Waals surface area contributed by atoms with Crippen molar-refractivity contribution in [2.24, 2.45) is 4.99 Å². The Morgan fingerprint density at radius 3 is 2.53 bits per heavy atom. The van der Waals surface area contributed by atoms with Crippen molar-refractivity contribution in [2.75, 3.05) is 39.2 Å². The number of anilines is 2. The first-order valence-corrected chi connectivity index (χ1v) is 12.0. The molecule has 0 aliphatic carbocycles. The minimum atomic E-state index is -3.47. The summed E-state index contributed by atoms with van der Waals surface area (Å²) in [5, 5.41) is 3.17. The normalized spacial score (nSPS) is 17.8. The molecule has 1 aromatic carbocycles. The standard InChI is InChI=1S/C22H28N6O3S/c1-16-23-13-9-21(28(16)18-10-14-31-15-11-18)20-8-12-24-22(26-20)25-17-4-6-19(7-5-17)32(29,30)27(2)3/h4-9,12,18H,10-11,13-15H2,1-3H3,(H,24,25,26). The Morgan fingerprint density at radius 2 is 1.84 bits per heavy atom. The van der Waals surface area contributed by atoms with Crippen LogP contribution in [0, 0.1) is 0 Å². The fourth-order valence-electron chi connectivity index (χ4n) is 3.86. The molecule has 0 atom stereocenters. The molecule has 9 nitrogen and oxygen atoms in total. The molecule has 1 aromatic heterocycles. The molecule has 0 unspecified atom stereocenters. The molecule has 0 radical (unpaired) electrons. The minimum Gasteiger partial charge on any atom is -0.381 e. The van der Waals surface area contributed by atoms with Crippen molar-refractivity contribution >= 4 is 33.2 Å². The molecule has 0 bridgehead atoms. The van der Waals surface area contributed by atoms with Crippen LogP contribution < -0.4 is 5.32 Å². The van der Waals surface area contributed by atoms with Crippen molar-refractivity contribution in [1.29, 1.82) is 0 Å². The van der Waals surface area contributed by atoms with E-state index in [1.54, 1.807) is 30.5 Å². The topological polar surface area (TPSA) is 100 Å². The van der Waals surface area contributed by atoms with Gasteiger partial charge in [-0.25, -0.2) is 22.7 Å². The Kier molecular flexibility index (Phi) is 6.54. The molecule has 1 saturated heterocycles. The number of amidine groups is 1. The van der Waals surface area contributed by atoms with Crippen molar-refractivity contribution in [3.8, 4) is 0 Å². The van der Waals surface area contributed by atoms with Gasteiger partial charge in [0.15, 0.2) is 0 Å². The molecular weight excluding hydrogens is 428 g/mol. The summed E-state index contributed by atoms with van der Waals surface area (Å²) < 4.78 is 31.2. The average molecular weight is 457 g/mol. The summed E-state index contributed by atoms with van der Waals surface area (Å²) in [6, 6.07) is 8.77. The maximum Gasteiger partial charge on any atom is 0.242 e. The summed E-state index contributed by atoms with van der Waals surface area (Å²) in [5.41, 5.74) is 2.55. The van der Waals surface area contributed by atoms with Gasteiger partial charge in [0.05, 0.1) is 22.8 Å². The number of sulfonamides is 1. The molecule has 2 aliphatic rings. The minimum absolute atomic E-state index is 0.233. The van der Waals surface area contributed by atoms with E-state index in [9.17, 15) is 8.42 Å². The predicted molar refractivity (Wildman–Crippen MR) is 124 cm³/mol. The number of nitrogens with one attached hydrogen (secondary N) is 1. The Balaban J connectivity index is 1.55. The summed E-state index contributed by atoms with van der Waals surface area (Å²) in [6.45, 7) is 4.15. The lowest BCUT2D eigenvalue weighted by molar-refractivity contribution is 0.0656. The summed E-state index contributed by atoms with van der Waals surface area (Å²) >= 11 is 0. The van der Waals surface area contributed by atoms with E-state index in [2.05, 4.69) is 26.3 Å². The first-order valence-electron chi connectivity index (χ1n) is 10.6. The van der Waals surface area contributed by atoms with Gasteiger partial charge in [0.1, 0.15) is 5.84 Å². The summed E-state index contributed by atoms with van der Waals surface area (Å²) in [6.07, 6.45) is 5.71. The second-order valence-corrected chi connectivity index (χ2v) is 10.0. The lowest BCUT2D eigenvalue weighted by Gasteiger charge is -2.38. The molecule has 2 aromatic rings. The Hall–Kier alpha value is -2.82. The molecule has 2 aliphatic heterocycles. The van der Waals surface area contributed by atoms with Gasteiger partial charge in [0, 0.05) is 45.2 Å². The lowest BCUT2D eigenvalue weighted by atomic mass is 10.0. The van der Waals surface area contributed by atoms with Crippen molar-refractivity contribution in [3.63, 3.8) is 0 Å². The second-order valence-electron chi connectivity index (χ2n) is 7.89. The Bertz CT molecular complexity index is 1120. The van der Waals surface area contributed by atoms with Gasteiger partial charge in [-0.2, -0.15) is 0 Å². The fourth-order valence-corrected chi connectivity index (χ4v) is 4.76. The van der Waals surface area contributed by atoms with Crippen molar-refractivity contribution in [1.82, 2.24) is 19.2 Å². The number of ether oxygens (including phenoxy) is 1. The molecule has 0 saturated carbocycles. The van der Waals surface area contributed by atoms with E-state index in [0.717, 1.165) is 43.3 Å². The highest BCUT2D eigenvalue weighted by Gasteiger charge is 2.28. The van der Waals surface area contributed by atoms with Gasteiger partial charge in [0.25, 0.3) is 0 Å². The third kappa shape index (κ3) is 4.67. The van der Waals surface area contributed by atoms with E-state index >= 15 is 0 Å². The maximum absolute atomic E-state index is 12.3. The summed E-state index contributed by atoms with van der Waals surface area (Å²) in [4.78, 5) is 16.2. The van der Waals surface area contributed by atoms with Gasteiger partial charge >= 0.3 is 0 Å². The zero-order valence-corrected chi connectivity index (χ0v) is 19.3. The zero-order valence-electron chi connectivity index (χ0n) is 18.5. The highest BCUT2D eigenvalue weighted by atomic mass is 32.2. The van der Waals surface area contributed by atoms with E-state index in [1.165, 1.54) is 18.4 Å². The van der Waals surface area contributed by atoms with Crippen LogP contribution in [0.25, 0.3) is 5.70 Å². The molecule has 0 amide bonds. The summed E-state index contributed by atoms with van der Waals surface area (Å²) in [5.74, 6) is 1.43. The maximum atomic E-state index is 12.3. The predicted octanol–water partition coefficient (Wildman–Crippen LogP) is 2.72. The van der Waals surface area contributed by atoms with Crippen molar-refractivity contribution in [3.05, 3.63) is 48.3 Å². The van der Waals surface area contributed by atoms with Gasteiger partial charge in [-0.05, 0) is 56.2 Å². The first kappa shape index (κ1) is 22.4. The molecule has 1 fully saturated rings. The number of aromatic nitrogens is 2. The van der Waals surface area contributed by atoms with Crippen LogP contribution >= 0.6 is 0 Å². The van der Waals surface area contributed by atoms with Crippen molar-refractivity contribution in [2.45, 2.75) is 30.7 Å². The Morgan fingerprint density at radius 1 is 1.12 bits per heavy atom. The van der Waals surface area contributed by atoms with Crippen LogP contribution in [-0.2, 0) is 14.8 Å². The monoisotopic (exact) mass is 456 g/mol. The number of rotatable bonds is 6. The van der Waals surface area contributed by atoms with Gasteiger partial charge in [-0.1, -0.05) is 0 Å². The molecule has 4 rings (SSSR count). The molecule has 10 heteroatoms. The van der Waals surface area contributed by atoms with Crippen LogP contribution in [0.15, 0.2) is 52.5 Å². The average Bonchev–Trinajstić information content (AvgIpc) is 2.80. The number of benzene rings is 1. The molecule has 32 heavy (non-hydrogen) atoms. The third-order valence-corrected chi connectivity index (χ3v) is 7.41. The SMILES string of the molecule is CC1=NCC=C(c2ccnc(Nc3ccc(S(=O)(=O)N(C)C)cc3)n2)N1C1CCOCC1. The zero-order chi connectivity index (χ0) is 22.7. The molecule has 0 spiro atoms. The molecule has 1 N–H and O–H groups in total. The van der Waals surface area contributed by atoms with E-state index in [1.807, 2.05) is 13.0 Å². The number of aliphatic imine (C=N–C) groups is 1. The third-order valence-electron chi connectivity index (χ3n) is 5.58. The highest BCUT2D eigenvalue weighted by Crippen LogP contribution is 2.29. The smallest absolute Gasteiger partial charge is 0.242 e. The van der Waals surface area contributed by atoms with Crippen LogP contribution in [0.1, 0.15) is 25.5 Å². The van der Waals surface area contributed by atoms with Crippen LogP contribution in [0.5, 0.6) is 0 Å². The van der Waals surface area contributed by atoms with Crippen LogP contribution in [0.4, 0.5) is 11.6 Å². The van der Waals surface area contributed by atoms with E-state index in [0.29, 0.717) is 24.2 Å².